The standard InChI is InChI=1S/C14H19N3O4/c1-9(13(20)16-8-12(18)19)17-14(21)11(15)7-10-5-3-2-4-6-10/h2-6,9,11H,7-8,15H2,1H3,(H,16,20)(H,17,21)(H,18,19). The van der Waals surface area contributed by atoms with Crippen LogP contribution in [0.25, 0.3) is 0 Å². The zero-order valence-corrected chi connectivity index (χ0v) is 11.7. The van der Waals surface area contributed by atoms with Gasteiger partial charge in [-0.1, -0.05) is 30.3 Å². The van der Waals surface area contributed by atoms with Crippen molar-refractivity contribution in [2.24, 2.45) is 5.73 Å². The first kappa shape index (κ1) is 16.6. The second-order valence-corrected chi connectivity index (χ2v) is 4.64. The van der Waals surface area contributed by atoms with Crippen LogP contribution in [0, 0.1) is 0 Å². The van der Waals surface area contributed by atoms with E-state index in [1.807, 2.05) is 30.3 Å². The molecule has 0 aliphatic rings. The molecule has 2 amide bonds. The van der Waals surface area contributed by atoms with Crippen LogP contribution in [0.3, 0.4) is 0 Å². The molecule has 7 heteroatoms. The fraction of sp³-hybridized carbons (Fsp3) is 0.357. The van der Waals surface area contributed by atoms with Crippen LogP contribution in [0.5, 0.6) is 0 Å². The highest BCUT2D eigenvalue weighted by Crippen LogP contribution is 2.02. The van der Waals surface area contributed by atoms with Crippen LogP contribution in [0.15, 0.2) is 30.3 Å². The topological polar surface area (TPSA) is 122 Å². The van der Waals surface area contributed by atoms with E-state index < -0.39 is 36.4 Å². The van der Waals surface area contributed by atoms with E-state index in [2.05, 4.69) is 10.6 Å². The smallest absolute Gasteiger partial charge is 0.322 e. The van der Waals surface area contributed by atoms with Crippen molar-refractivity contribution in [1.82, 2.24) is 10.6 Å². The fourth-order valence-electron chi connectivity index (χ4n) is 1.66. The molecular weight excluding hydrogens is 274 g/mol. The molecule has 7 nitrogen and oxygen atoms in total. The Balaban J connectivity index is 2.44. The van der Waals surface area contributed by atoms with Crippen molar-refractivity contribution in [2.45, 2.75) is 25.4 Å². The van der Waals surface area contributed by atoms with E-state index >= 15 is 0 Å². The lowest BCUT2D eigenvalue weighted by Crippen LogP contribution is -2.51. The maximum absolute atomic E-state index is 11.9. The molecule has 5 N–H and O–H groups in total. The van der Waals surface area contributed by atoms with Gasteiger partial charge in [0.05, 0.1) is 6.04 Å². The normalized spacial score (nSPS) is 13.0. The molecule has 0 aliphatic heterocycles. The molecule has 0 fully saturated rings. The Kier molecular flexibility index (Phi) is 6.35. The van der Waals surface area contributed by atoms with Crippen molar-refractivity contribution in [2.75, 3.05) is 6.54 Å². The molecule has 0 aromatic heterocycles. The average Bonchev–Trinajstić information content (AvgIpc) is 2.45. The summed E-state index contributed by atoms with van der Waals surface area (Å²) in [6.07, 6.45) is 0.357. The Bertz CT molecular complexity index is 504. The summed E-state index contributed by atoms with van der Waals surface area (Å²) in [7, 11) is 0. The molecule has 0 bridgehead atoms. The Labute approximate surface area is 122 Å². The van der Waals surface area contributed by atoms with Crippen molar-refractivity contribution in [1.29, 1.82) is 0 Å². The van der Waals surface area contributed by atoms with Crippen LogP contribution in [0.2, 0.25) is 0 Å². The molecule has 0 heterocycles. The summed E-state index contributed by atoms with van der Waals surface area (Å²) in [6, 6.07) is 7.65. The van der Waals surface area contributed by atoms with Gasteiger partial charge in [0.25, 0.3) is 0 Å². The van der Waals surface area contributed by atoms with Gasteiger partial charge < -0.3 is 21.5 Å². The minimum absolute atomic E-state index is 0.357. The monoisotopic (exact) mass is 293 g/mol. The highest BCUT2D eigenvalue weighted by atomic mass is 16.4. The van der Waals surface area contributed by atoms with Crippen LogP contribution >= 0.6 is 0 Å². The number of nitrogens with one attached hydrogen (secondary N) is 2. The summed E-state index contributed by atoms with van der Waals surface area (Å²) in [5.74, 6) is -2.18. The maximum atomic E-state index is 11.9. The molecule has 0 saturated heterocycles. The van der Waals surface area contributed by atoms with Crippen LogP contribution < -0.4 is 16.4 Å². The minimum atomic E-state index is -1.15. The molecule has 0 aliphatic carbocycles. The number of nitrogens with two attached hydrogens (primary N) is 1. The van der Waals surface area contributed by atoms with Gasteiger partial charge in [-0.3, -0.25) is 14.4 Å². The fourth-order valence-corrected chi connectivity index (χ4v) is 1.66. The van der Waals surface area contributed by atoms with Gasteiger partial charge in [0.2, 0.25) is 11.8 Å². The number of hydrogen-bond acceptors (Lipinski definition) is 4. The average molecular weight is 293 g/mol. The molecule has 0 radical (unpaired) electrons. The van der Waals surface area contributed by atoms with Gasteiger partial charge in [-0.05, 0) is 18.9 Å². The molecule has 2 atom stereocenters. The number of carboxylic acids is 1. The predicted octanol–water partition coefficient (Wildman–Crippen LogP) is -0.738. The highest BCUT2D eigenvalue weighted by molar-refractivity contribution is 5.90. The van der Waals surface area contributed by atoms with Crippen LogP contribution in [0.4, 0.5) is 0 Å². The number of benzene rings is 1. The first-order valence-corrected chi connectivity index (χ1v) is 6.49. The first-order chi connectivity index (χ1) is 9.90. The molecule has 21 heavy (non-hydrogen) atoms. The number of rotatable bonds is 7. The predicted molar refractivity (Wildman–Crippen MR) is 76.4 cm³/mol. The number of aliphatic carboxylic acids is 1. The van der Waals surface area contributed by atoms with Crippen LogP contribution in [-0.4, -0.2) is 41.5 Å². The molecule has 0 saturated carbocycles. The van der Waals surface area contributed by atoms with Crippen molar-refractivity contribution < 1.29 is 19.5 Å². The van der Waals surface area contributed by atoms with Crippen molar-refractivity contribution >= 4 is 17.8 Å². The lowest BCUT2D eigenvalue weighted by molar-refractivity contribution is -0.138. The second kappa shape index (κ2) is 8.01. The van der Waals surface area contributed by atoms with Gasteiger partial charge in [0, 0.05) is 0 Å². The van der Waals surface area contributed by atoms with Gasteiger partial charge >= 0.3 is 5.97 Å². The van der Waals surface area contributed by atoms with E-state index in [0.717, 1.165) is 5.56 Å². The van der Waals surface area contributed by atoms with Gasteiger partial charge in [0.1, 0.15) is 12.6 Å². The second-order valence-electron chi connectivity index (χ2n) is 4.64. The zero-order valence-electron chi connectivity index (χ0n) is 11.7. The SMILES string of the molecule is CC(NC(=O)C(N)Cc1ccccc1)C(=O)NCC(=O)O. The molecule has 1 aromatic carbocycles. The van der Waals surface area contributed by atoms with E-state index in [4.69, 9.17) is 10.8 Å². The minimum Gasteiger partial charge on any atom is -0.480 e. The molecular formula is C14H19N3O4. The quantitative estimate of drug-likeness (QED) is 0.527. The van der Waals surface area contributed by atoms with Gasteiger partial charge in [-0.25, -0.2) is 0 Å². The molecule has 114 valence electrons. The number of amides is 2. The lowest BCUT2D eigenvalue weighted by atomic mass is 10.1. The number of carbonyl (C=O) groups is 3. The summed E-state index contributed by atoms with van der Waals surface area (Å²) in [4.78, 5) is 33.7. The number of carbonyl (C=O) groups excluding carboxylic acids is 2. The molecule has 1 rings (SSSR count). The van der Waals surface area contributed by atoms with E-state index in [-0.39, 0.29) is 0 Å². The third kappa shape index (κ3) is 6.05. The van der Waals surface area contributed by atoms with Gasteiger partial charge in [0.15, 0.2) is 0 Å². The van der Waals surface area contributed by atoms with E-state index in [9.17, 15) is 14.4 Å². The molecule has 2 unspecified atom stereocenters. The van der Waals surface area contributed by atoms with E-state index in [1.165, 1.54) is 6.92 Å². The zero-order chi connectivity index (χ0) is 15.8. The number of carboxylic acid groups (broad SMARTS) is 1. The summed E-state index contributed by atoms with van der Waals surface area (Å²) in [6.45, 7) is 0.972. The number of hydrogen-bond donors (Lipinski definition) is 4. The largest absolute Gasteiger partial charge is 0.480 e. The third-order valence-corrected chi connectivity index (χ3v) is 2.80. The first-order valence-electron chi connectivity index (χ1n) is 6.49. The van der Waals surface area contributed by atoms with Crippen molar-refractivity contribution in [3.63, 3.8) is 0 Å². The Morgan fingerprint density at radius 1 is 1.19 bits per heavy atom. The molecule has 0 spiro atoms. The van der Waals surface area contributed by atoms with Gasteiger partial charge in [-0.2, -0.15) is 0 Å². The van der Waals surface area contributed by atoms with Gasteiger partial charge in [-0.15, -0.1) is 0 Å². The van der Waals surface area contributed by atoms with E-state index in [0.29, 0.717) is 6.42 Å². The lowest BCUT2D eigenvalue weighted by Gasteiger charge is -2.17. The van der Waals surface area contributed by atoms with E-state index in [1.54, 1.807) is 0 Å². The summed E-state index contributed by atoms with van der Waals surface area (Å²) < 4.78 is 0. The Morgan fingerprint density at radius 2 is 1.81 bits per heavy atom. The van der Waals surface area contributed by atoms with Crippen LogP contribution in [0.1, 0.15) is 12.5 Å². The van der Waals surface area contributed by atoms with Crippen LogP contribution in [-0.2, 0) is 20.8 Å². The summed E-state index contributed by atoms with van der Waals surface area (Å²) >= 11 is 0. The third-order valence-electron chi connectivity index (χ3n) is 2.80. The van der Waals surface area contributed by atoms with Crippen molar-refractivity contribution in [3.8, 4) is 0 Å². The summed E-state index contributed by atoms with van der Waals surface area (Å²) in [5.41, 5.74) is 6.70. The highest BCUT2D eigenvalue weighted by Gasteiger charge is 2.20. The molecule has 1 aromatic rings. The summed E-state index contributed by atoms with van der Waals surface area (Å²) in [5, 5.41) is 13.1. The Hall–Kier alpha value is -2.41. The van der Waals surface area contributed by atoms with Crippen molar-refractivity contribution in [3.05, 3.63) is 35.9 Å². The Morgan fingerprint density at radius 3 is 2.38 bits per heavy atom. The maximum Gasteiger partial charge on any atom is 0.322 e.